The Balaban J connectivity index is 2.49. The van der Waals surface area contributed by atoms with Crippen molar-refractivity contribution >= 4 is 27.3 Å². The molecule has 1 aromatic heterocycles. The van der Waals surface area contributed by atoms with E-state index in [-0.39, 0.29) is 10.5 Å². The van der Waals surface area contributed by atoms with Crippen molar-refractivity contribution in [1.82, 2.24) is 4.98 Å². The number of hydrogen-bond acceptors (Lipinski definition) is 3. The molecule has 6 heteroatoms. The van der Waals surface area contributed by atoms with Crippen LogP contribution in [0.1, 0.15) is 17.8 Å². The van der Waals surface area contributed by atoms with Crippen LogP contribution in [0.25, 0.3) is 10.6 Å². The number of rotatable bonds is 2. The molecule has 0 saturated carbocycles. The molecule has 2 nitrogen and oxygen atoms in total. The second-order valence-corrected chi connectivity index (χ2v) is 5.43. The van der Waals surface area contributed by atoms with Crippen LogP contribution in [-0.4, -0.2) is 4.98 Å². The van der Waals surface area contributed by atoms with Gasteiger partial charge in [0.15, 0.2) is 11.6 Å². The van der Waals surface area contributed by atoms with Crippen molar-refractivity contribution in [2.45, 2.75) is 13.0 Å². The molecule has 0 fully saturated rings. The van der Waals surface area contributed by atoms with Crippen molar-refractivity contribution in [3.8, 4) is 10.6 Å². The lowest BCUT2D eigenvalue weighted by atomic mass is 10.2. The third kappa shape index (κ3) is 2.38. The zero-order valence-corrected chi connectivity index (χ0v) is 11.3. The van der Waals surface area contributed by atoms with E-state index in [1.54, 1.807) is 6.20 Å². The van der Waals surface area contributed by atoms with E-state index in [1.807, 2.05) is 6.92 Å². The summed E-state index contributed by atoms with van der Waals surface area (Å²) in [6, 6.07) is 2.46. The Bertz CT molecular complexity index is 554. The molecule has 0 aliphatic heterocycles. The average Bonchev–Trinajstić information content (AvgIpc) is 2.75. The number of nitrogens with two attached hydrogens (primary N) is 1. The van der Waals surface area contributed by atoms with Crippen molar-refractivity contribution in [2.24, 2.45) is 5.73 Å². The van der Waals surface area contributed by atoms with E-state index in [0.717, 1.165) is 10.9 Å². The van der Waals surface area contributed by atoms with Gasteiger partial charge in [-0.05, 0) is 35.0 Å². The minimum Gasteiger partial charge on any atom is -0.323 e. The van der Waals surface area contributed by atoms with Crippen molar-refractivity contribution in [2.75, 3.05) is 0 Å². The van der Waals surface area contributed by atoms with Gasteiger partial charge in [0.1, 0.15) is 5.01 Å². The first kappa shape index (κ1) is 12.6. The lowest BCUT2D eigenvalue weighted by Gasteiger charge is -2.02. The normalized spacial score (nSPS) is 12.8. The van der Waals surface area contributed by atoms with Gasteiger partial charge in [-0.1, -0.05) is 0 Å². The first-order chi connectivity index (χ1) is 8.00. The van der Waals surface area contributed by atoms with Crippen LogP contribution in [0.2, 0.25) is 0 Å². The van der Waals surface area contributed by atoms with Gasteiger partial charge < -0.3 is 5.73 Å². The number of thiazole rings is 1. The van der Waals surface area contributed by atoms with Crippen molar-refractivity contribution in [1.29, 1.82) is 0 Å². The molecule has 17 heavy (non-hydrogen) atoms. The maximum absolute atomic E-state index is 13.4. The number of nitrogens with zero attached hydrogens (tertiary/aromatic N) is 1. The van der Waals surface area contributed by atoms with E-state index in [2.05, 4.69) is 20.9 Å². The molecular weight excluding hydrogens is 310 g/mol. The molecule has 2 rings (SSSR count). The highest BCUT2D eigenvalue weighted by molar-refractivity contribution is 9.10. The van der Waals surface area contributed by atoms with E-state index in [4.69, 9.17) is 5.73 Å². The van der Waals surface area contributed by atoms with Gasteiger partial charge in [0, 0.05) is 22.7 Å². The summed E-state index contributed by atoms with van der Waals surface area (Å²) in [7, 11) is 0. The Labute approximate surface area is 110 Å². The molecule has 0 aliphatic carbocycles. The van der Waals surface area contributed by atoms with Gasteiger partial charge in [-0.3, -0.25) is 0 Å². The molecule has 2 N–H and O–H groups in total. The summed E-state index contributed by atoms with van der Waals surface area (Å²) in [6.45, 7) is 1.84. The van der Waals surface area contributed by atoms with Crippen LogP contribution in [0.15, 0.2) is 22.8 Å². The highest BCUT2D eigenvalue weighted by atomic mass is 79.9. The maximum Gasteiger partial charge on any atom is 0.173 e. The fourth-order valence-corrected chi connectivity index (χ4v) is 2.85. The van der Waals surface area contributed by atoms with E-state index in [1.165, 1.54) is 17.4 Å². The third-order valence-electron chi connectivity index (χ3n) is 2.24. The van der Waals surface area contributed by atoms with Gasteiger partial charge in [0.05, 0.1) is 4.47 Å². The van der Waals surface area contributed by atoms with Gasteiger partial charge in [-0.15, -0.1) is 11.3 Å². The third-order valence-corrected chi connectivity index (χ3v) is 4.24. The van der Waals surface area contributed by atoms with E-state index < -0.39 is 11.6 Å². The zero-order chi connectivity index (χ0) is 12.6. The molecule has 1 atom stereocenters. The first-order valence-corrected chi connectivity index (χ1v) is 6.47. The van der Waals surface area contributed by atoms with Crippen molar-refractivity contribution < 1.29 is 8.78 Å². The monoisotopic (exact) mass is 318 g/mol. The van der Waals surface area contributed by atoms with E-state index >= 15 is 0 Å². The van der Waals surface area contributed by atoms with Crippen LogP contribution in [0, 0.1) is 11.6 Å². The minimum atomic E-state index is -0.903. The molecule has 0 saturated heterocycles. The quantitative estimate of drug-likeness (QED) is 0.854. The summed E-state index contributed by atoms with van der Waals surface area (Å²) in [5, 5.41) is 0.614. The Morgan fingerprint density at radius 3 is 2.71 bits per heavy atom. The lowest BCUT2D eigenvalue weighted by Crippen LogP contribution is -2.01. The number of aromatic nitrogens is 1. The smallest absolute Gasteiger partial charge is 0.173 e. The summed E-state index contributed by atoms with van der Waals surface area (Å²) >= 11 is 4.40. The van der Waals surface area contributed by atoms with Crippen LogP contribution < -0.4 is 5.73 Å². The fraction of sp³-hybridized carbons (Fsp3) is 0.182. The molecule has 0 bridgehead atoms. The zero-order valence-electron chi connectivity index (χ0n) is 8.88. The van der Waals surface area contributed by atoms with Gasteiger partial charge in [-0.2, -0.15) is 0 Å². The second kappa shape index (κ2) is 4.80. The Morgan fingerprint density at radius 1 is 1.41 bits per heavy atom. The number of benzene rings is 1. The van der Waals surface area contributed by atoms with Crippen LogP contribution in [0.5, 0.6) is 0 Å². The predicted molar refractivity (Wildman–Crippen MR) is 67.8 cm³/mol. The lowest BCUT2D eigenvalue weighted by molar-refractivity contribution is 0.505. The van der Waals surface area contributed by atoms with Crippen LogP contribution in [0.4, 0.5) is 8.78 Å². The summed E-state index contributed by atoms with van der Waals surface area (Å²) in [4.78, 5) is 5.06. The summed E-state index contributed by atoms with van der Waals surface area (Å²) in [6.07, 6.45) is 1.65. The highest BCUT2D eigenvalue weighted by Crippen LogP contribution is 2.35. The van der Waals surface area contributed by atoms with Gasteiger partial charge in [0.25, 0.3) is 0 Å². The van der Waals surface area contributed by atoms with E-state index in [0.29, 0.717) is 10.6 Å². The maximum atomic E-state index is 13.4. The highest BCUT2D eigenvalue weighted by Gasteiger charge is 2.15. The second-order valence-electron chi connectivity index (χ2n) is 3.58. The molecule has 90 valence electrons. The molecule has 0 amide bonds. The van der Waals surface area contributed by atoms with Gasteiger partial charge >= 0.3 is 0 Å². The predicted octanol–water partition coefficient (Wildman–Crippen LogP) is 3.87. The molecule has 1 heterocycles. The van der Waals surface area contributed by atoms with Crippen LogP contribution in [-0.2, 0) is 0 Å². The molecule has 2 aromatic rings. The molecule has 0 aliphatic rings. The van der Waals surface area contributed by atoms with Crippen LogP contribution in [0.3, 0.4) is 0 Å². The Hall–Kier alpha value is -0.850. The standard InChI is InChI=1S/C11H9BrF2N2S/c1-5(15)8-4-16-11(17-8)6-2-3-7(13)10(14)9(6)12/h2-5H,15H2,1H3. The summed E-state index contributed by atoms with van der Waals surface area (Å²) < 4.78 is 26.4. The topological polar surface area (TPSA) is 38.9 Å². The molecular formula is C11H9BrF2N2S. The molecule has 0 radical (unpaired) electrons. The largest absolute Gasteiger partial charge is 0.323 e. The van der Waals surface area contributed by atoms with Crippen molar-refractivity contribution in [3.63, 3.8) is 0 Å². The first-order valence-electron chi connectivity index (χ1n) is 4.86. The molecule has 1 unspecified atom stereocenters. The van der Waals surface area contributed by atoms with Gasteiger partial charge in [0.2, 0.25) is 0 Å². The molecule has 0 spiro atoms. The Kier molecular flexibility index (Phi) is 3.56. The minimum absolute atomic E-state index is 0.0862. The van der Waals surface area contributed by atoms with E-state index in [9.17, 15) is 8.78 Å². The average molecular weight is 319 g/mol. The van der Waals surface area contributed by atoms with Crippen molar-refractivity contribution in [3.05, 3.63) is 39.3 Å². The SMILES string of the molecule is CC(N)c1cnc(-c2ccc(F)c(F)c2Br)s1. The summed E-state index contributed by atoms with van der Waals surface area (Å²) in [5.41, 5.74) is 6.25. The number of halogens is 3. The Morgan fingerprint density at radius 2 is 2.12 bits per heavy atom. The number of hydrogen-bond donors (Lipinski definition) is 1. The summed E-state index contributed by atoms with van der Waals surface area (Å²) in [5.74, 6) is -1.79. The van der Waals surface area contributed by atoms with Crippen LogP contribution >= 0.6 is 27.3 Å². The fourth-order valence-electron chi connectivity index (χ4n) is 1.31. The van der Waals surface area contributed by atoms with Gasteiger partial charge in [-0.25, -0.2) is 13.8 Å². The molecule has 1 aromatic carbocycles.